The van der Waals surface area contributed by atoms with Crippen molar-refractivity contribution in [1.82, 2.24) is 25.3 Å². The first-order valence-electron chi connectivity index (χ1n) is 6.18. The SMILES string of the molecule is CNc1nc(NCC2CCC(=O)N2)c2[nH]cnc2n1. The lowest BCUT2D eigenvalue weighted by Gasteiger charge is -2.12. The van der Waals surface area contributed by atoms with E-state index in [0.29, 0.717) is 30.4 Å². The van der Waals surface area contributed by atoms with Crippen molar-refractivity contribution in [3.63, 3.8) is 0 Å². The molecule has 3 heterocycles. The van der Waals surface area contributed by atoms with Crippen molar-refractivity contribution < 1.29 is 4.79 Å². The standard InChI is InChI=1S/C11H15N7O/c1-12-11-17-9(8-10(18-11)15-5-14-8)13-4-6-2-3-7(19)16-6/h5-6H,2-4H2,1H3,(H,16,19)(H3,12,13,14,15,17,18). The summed E-state index contributed by atoms with van der Waals surface area (Å²) in [4.78, 5) is 26.9. The predicted molar refractivity (Wildman–Crippen MR) is 70.9 cm³/mol. The van der Waals surface area contributed by atoms with Gasteiger partial charge in [0.05, 0.1) is 6.33 Å². The van der Waals surface area contributed by atoms with Gasteiger partial charge in [0.2, 0.25) is 11.9 Å². The second kappa shape index (κ2) is 4.71. The summed E-state index contributed by atoms with van der Waals surface area (Å²) >= 11 is 0. The van der Waals surface area contributed by atoms with Gasteiger partial charge >= 0.3 is 0 Å². The largest absolute Gasteiger partial charge is 0.366 e. The van der Waals surface area contributed by atoms with Crippen LogP contribution in [0.4, 0.5) is 11.8 Å². The minimum atomic E-state index is 0.108. The zero-order chi connectivity index (χ0) is 13.2. The zero-order valence-corrected chi connectivity index (χ0v) is 10.5. The summed E-state index contributed by atoms with van der Waals surface area (Å²) in [5, 5.41) is 9.04. The molecule has 100 valence electrons. The van der Waals surface area contributed by atoms with Crippen molar-refractivity contribution in [3.05, 3.63) is 6.33 Å². The Morgan fingerprint density at radius 2 is 2.37 bits per heavy atom. The number of aromatic amines is 1. The number of amides is 1. The monoisotopic (exact) mass is 261 g/mol. The molecule has 2 aromatic rings. The molecule has 4 N–H and O–H groups in total. The summed E-state index contributed by atoms with van der Waals surface area (Å²) in [5.41, 5.74) is 1.38. The highest BCUT2D eigenvalue weighted by atomic mass is 16.1. The van der Waals surface area contributed by atoms with E-state index in [2.05, 4.69) is 35.9 Å². The van der Waals surface area contributed by atoms with E-state index in [1.165, 1.54) is 0 Å². The van der Waals surface area contributed by atoms with Crippen LogP contribution in [-0.2, 0) is 4.79 Å². The molecule has 1 aliphatic heterocycles. The molecule has 19 heavy (non-hydrogen) atoms. The fourth-order valence-corrected chi connectivity index (χ4v) is 2.12. The molecule has 8 nitrogen and oxygen atoms in total. The van der Waals surface area contributed by atoms with Crippen LogP contribution in [0, 0.1) is 0 Å². The van der Waals surface area contributed by atoms with E-state index in [-0.39, 0.29) is 11.9 Å². The zero-order valence-electron chi connectivity index (χ0n) is 10.5. The summed E-state index contributed by atoms with van der Waals surface area (Å²) in [6, 6.07) is 0.151. The van der Waals surface area contributed by atoms with E-state index in [9.17, 15) is 4.79 Å². The maximum absolute atomic E-state index is 11.1. The average molecular weight is 261 g/mol. The van der Waals surface area contributed by atoms with Gasteiger partial charge in [0.25, 0.3) is 0 Å². The van der Waals surface area contributed by atoms with Gasteiger partial charge in [-0.05, 0) is 6.42 Å². The molecule has 0 bridgehead atoms. The van der Waals surface area contributed by atoms with Crippen LogP contribution in [0.3, 0.4) is 0 Å². The van der Waals surface area contributed by atoms with Gasteiger partial charge in [-0.15, -0.1) is 0 Å². The molecule has 1 amide bonds. The highest BCUT2D eigenvalue weighted by Gasteiger charge is 2.21. The van der Waals surface area contributed by atoms with Crippen LogP contribution in [0.1, 0.15) is 12.8 Å². The Morgan fingerprint density at radius 3 is 3.11 bits per heavy atom. The van der Waals surface area contributed by atoms with Crippen LogP contribution in [0.5, 0.6) is 0 Å². The van der Waals surface area contributed by atoms with Crippen molar-refractivity contribution in [2.75, 3.05) is 24.2 Å². The topological polar surface area (TPSA) is 108 Å². The van der Waals surface area contributed by atoms with E-state index in [0.717, 1.165) is 11.9 Å². The quantitative estimate of drug-likeness (QED) is 0.621. The Kier molecular flexibility index (Phi) is 2.90. The lowest BCUT2D eigenvalue weighted by Crippen LogP contribution is -2.32. The maximum Gasteiger partial charge on any atom is 0.226 e. The summed E-state index contributed by atoms with van der Waals surface area (Å²) in [6.07, 6.45) is 3.03. The van der Waals surface area contributed by atoms with Gasteiger partial charge in [-0.2, -0.15) is 9.97 Å². The number of carbonyl (C=O) groups excluding carboxylic acids is 1. The molecule has 0 aliphatic carbocycles. The lowest BCUT2D eigenvalue weighted by molar-refractivity contribution is -0.119. The van der Waals surface area contributed by atoms with E-state index in [4.69, 9.17) is 0 Å². The third kappa shape index (κ3) is 2.28. The van der Waals surface area contributed by atoms with Crippen molar-refractivity contribution in [3.8, 4) is 0 Å². The van der Waals surface area contributed by atoms with Crippen LogP contribution >= 0.6 is 0 Å². The fraction of sp³-hybridized carbons (Fsp3) is 0.455. The third-order valence-electron chi connectivity index (χ3n) is 3.11. The Balaban J connectivity index is 1.79. The first-order chi connectivity index (χ1) is 9.26. The summed E-state index contributed by atoms with van der Waals surface area (Å²) in [7, 11) is 1.76. The Labute approximate surface area is 109 Å². The van der Waals surface area contributed by atoms with Gasteiger partial charge in [-0.1, -0.05) is 0 Å². The first-order valence-corrected chi connectivity index (χ1v) is 6.18. The van der Waals surface area contributed by atoms with Crippen molar-refractivity contribution in [2.45, 2.75) is 18.9 Å². The molecule has 1 saturated heterocycles. The van der Waals surface area contributed by atoms with Gasteiger partial charge in [0.1, 0.15) is 5.52 Å². The molecule has 8 heteroatoms. The van der Waals surface area contributed by atoms with Gasteiger partial charge < -0.3 is 20.9 Å². The summed E-state index contributed by atoms with van der Waals surface area (Å²) in [5.74, 6) is 1.31. The Morgan fingerprint density at radius 1 is 1.47 bits per heavy atom. The van der Waals surface area contributed by atoms with E-state index < -0.39 is 0 Å². The van der Waals surface area contributed by atoms with Crippen molar-refractivity contribution >= 4 is 28.8 Å². The van der Waals surface area contributed by atoms with Gasteiger partial charge in [-0.25, -0.2) is 4.98 Å². The highest BCUT2D eigenvalue weighted by Crippen LogP contribution is 2.18. The molecule has 1 aliphatic rings. The highest BCUT2D eigenvalue weighted by molar-refractivity contribution is 5.83. The number of fused-ring (bicyclic) bond motifs is 1. The van der Waals surface area contributed by atoms with E-state index in [1.54, 1.807) is 13.4 Å². The molecular formula is C11H15N7O. The van der Waals surface area contributed by atoms with E-state index >= 15 is 0 Å². The van der Waals surface area contributed by atoms with Crippen molar-refractivity contribution in [2.24, 2.45) is 0 Å². The number of H-pyrrole nitrogens is 1. The number of nitrogens with one attached hydrogen (secondary N) is 4. The third-order valence-corrected chi connectivity index (χ3v) is 3.11. The number of carbonyl (C=O) groups is 1. The number of hydrogen-bond donors (Lipinski definition) is 4. The number of rotatable bonds is 4. The van der Waals surface area contributed by atoms with Crippen molar-refractivity contribution in [1.29, 1.82) is 0 Å². The molecule has 1 atom stereocenters. The van der Waals surface area contributed by atoms with Crippen LogP contribution in [0.2, 0.25) is 0 Å². The molecule has 0 saturated carbocycles. The number of hydrogen-bond acceptors (Lipinski definition) is 6. The Hall–Kier alpha value is -2.38. The molecule has 0 radical (unpaired) electrons. The number of aromatic nitrogens is 4. The number of anilines is 2. The molecule has 0 spiro atoms. The molecule has 0 aromatic carbocycles. The average Bonchev–Trinajstić information content (AvgIpc) is 3.04. The van der Waals surface area contributed by atoms with Gasteiger partial charge in [-0.3, -0.25) is 4.79 Å². The normalized spacial score (nSPS) is 18.6. The smallest absolute Gasteiger partial charge is 0.226 e. The van der Waals surface area contributed by atoms with Crippen LogP contribution in [-0.4, -0.2) is 45.5 Å². The predicted octanol–water partition coefficient (Wildman–Crippen LogP) is 0.0851. The van der Waals surface area contributed by atoms with Gasteiger partial charge in [0, 0.05) is 26.1 Å². The second-order valence-corrected chi connectivity index (χ2v) is 4.43. The summed E-state index contributed by atoms with van der Waals surface area (Å²) in [6.45, 7) is 0.639. The molecule has 1 fully saturated rings. The maximum atomic E-state index is 11.1. The molecule has 1 unspecified atom stereocenters. The van der Waals surface area contributed by atoms with Gasteiger partial charge in [0.15, 0.2) is 11.5 Å². The summed E-state index contributed by atoms with van der Waals surface area (Å²) < 4.78 is 0. The minimum Gasteiger partial charge on any atom is -0.366 e. The molecule has 2 aromatic heterocycles. The lowest BCUT2D eigenvalue weighted by atomic mass is 10.2. The molecular weight excluding hydrogens is 246 g/mol. The minimum absolute atomic E-state index is 0.108. The first kappa shape index (κ1) is 11.7. The van der Waals surface area contributed by atoms with E-state index in [1.807, 2.05) is 0 Å². The fourth-order valence-electron chi connectivity index (χ4n) is 2.12. The molecule has 3 rings (SSSR count). The van der Waals surface area contributed by atoms with Crippen LogP contribution < -0.4 is 16.0 Å². The second-order valence-electron chi connectivity index (χ2n) is 4.43. The van der Waals surface area contributed by atoms with Crippen LogP contribution in [0.15, 0.2) is 6.33 Å². The Bertz CT molecular complexity index is 608. The number of imidazole rings is 1. The van der Waals surface area contributed by atoms with Crippen LogP contribution in [0.25, 0.3) is 11.2 Å². The number of nitrogens with zero attached hydrogens (tertiary/aromatic N) is 3.